The fourth-order valence-electron chi connectivity index (χ4n) is 3.37. The summed E-state index contributed by atoms with van der Waals surface area (Å²) >= 11 is 1.66. The number of imidazole rings is 1. The van der Waals surface area contributed by atoms with Crippen LogP contribution in [0, 0.1) is 0 Å². The molecule has 0 aliphatic carbocycles. The third-order valence-electron chi connectivity index (χ3n) is 4.44. The van der Waals surface area contributed by atoms with E-state index in [0.717, 1.165) is 53.1 Å². The number of thiophene rings is 1. The van der Waals surface area contributed by atoms with Gasteiger partial charge in [0.1, 0.15) is 5.82 Å². The summed E-state index contributed by atoms with van der Waals surface area (Å²) in [7, 11) is 0. The quantitative estimate of drug-likeness (QED) is 0.749. The molecule has 23 heavy (non-hydrogen) atoms. The molecule has 2 aromatic heterocycles. The SMILES string of the molecule is NC(=O)N1CCCCC1c1cccc2[nH]c(-c3cccs3)nc12. The number of carbonyl (C=O) groups excluding carboxylic acids is 1. The summed E-state index contributed by atoms with van der Waals surface area (Å²) in [6.07, 6.45) is 3.05. The Morgan fingerprint density at radius 2 is 2.22 bits per heavy atom. The van der Waals surface area contributed by atoms with Gasteiger partial charge in [0, 0.05) is 12.1 Å². The number of primary amides is 1. The van der Waals surface area contributed by atoms with E-state index in [2.05, 4.69) is 17.1 Å². The zero-order valence-corrected chi connectivity index (χ0v) is 13.5. The number of nitrogens with one attached hydrogen (secondary N) is 1. The summed E-state index contributed by atoms with van der Waals surface area (Å²) in [4.78, 5) is 22.9. The van der Waals surface area contributed by atoms with Crippen LogP contribution in [0.5, 0.6) is 0 Å². The largest absolute Gasteiger partial charge is 0.351 e. The van der Waals surface area contributed by atoms with Gasteiger partial charge in [-0.25, -0.2) is 9.78 Å². The summed E-state index contributed by atoms with van der Waals surface area (Å²) in [5.41, 5.74) is 8.60. The number of amides is 2. The third-order valence-corrected chi connectivity index (χ3v) is 5.32. The molecule has 0 bridgehead atoms. The highest BCUT2D eigenvalue weighted by molar-refractivity contribution is 7.13. The molecule has 5 nitrogen and oxygen atoms in total. The molecular weight excluding hydrogens is 308 g/mol. The Labute approximate surface area is 138 Å². The summed E-state index contributed by atoms with van der Waals surface area (Å²) < 4.78 is 0. The number of aromatic nitrogens is 2. The van der Waals surface area contributed by atoms with Gasteiger partial charge in [0.15, 0.2) is 0 Å². The van der Waals surface area contributed by atoms with Gasteiger partial charge in [-0.15, -0.1) is 11.3 Å². The van der Waals surface area contributed by atoms with Crippen LogP contribution in [0.4, 0.5) is 4.79 Å². The van der Waals surface area contributed by atoms with Crippen molar-refractivity contribution >= 4 is 28.4 Å². The van der Waals surface area contributed by atoms with Gasteiger partial charge in [-0.3, -0.25) is 0 Å². The Morgan fingerprint density at radius 3 is 3.00 bits per heavy atom. The number of nitrogens with zero attached hydrogens (tertiary/aromatic N) is 2. The fourth-order valence-corrected chi connectivity index (χ4v) is 4.04. The van der Waals surface area contributed by atoms with E-state index in [1.807, 2.05) is 23.6 Å². The number of hydrogen-bond acceptors (Lipinski definition) is 3. The van der Waals surface area contributed by atoms with Crippen LogP contribution in [0.15, 0.2) is 35.7 Å². The number of piperidine rings is 1. The zero-order chi connectivity index (χ0) is 15.8. The molecule has 1 atom stereocenters. The first kappa shape index (κ1) is 14.3. The Balaban J connectivity index is 1.81. The number of benzene rings is 1. The first-order valence-electron chi connectivity index (χ1n) is 7.82. The molecule has 118 valence electrons. The summed E-state index contributed by atoms with van der Waals surface area (Å²) in [5, 5.41) is 2.04. The van der Waals surface area contributed by atoms with Gasteiger partial charge < -0.3 is 15.6 Å². The maximum atomic E-state index is 11.8. The predicted octanol–water partition coefficient (Wildman–Crippen LogP) is 3.90. The van der Waals surface area contributed by atoms with Crippen LogP contribution >= 0.6 is 11.3 Å². The van der Waals surface area contributed by atoms with Crippen molar-refractivity contribution in [2.45, 2.75) is 25.3 Å². The van der Waals surface area contributed by atoms with E-state index in [0.29, 0.717) is 0 Å². The van der Waals surface area contributed by atoms with Crippen LogP contribution in [0.3, 0.4) is 0 Å². The molecule has 1 aliphatic heterocycles. The van der Waals surface area contributed by atoms with Crippen molar-refractivity contribution in [1.29, 1.82) is 0 Å². The second kappa shape index (κ2) is 5.70. The van der Waals surface area contributed by atoms with Crippen molar-refractivity contribution in [3.63, 3.8) is 0 Å². The minimum atomic E-state index is -0.347. The monoisotopic (exact) mass is 326 g/mol. The molecule has 1 fully saturated rings. The predicted molar refractivity (Wildman–Crippen MR) is 92.3 cm³/mol. The van der Waals surface area contributed by atoms with Crippen molar-refractivity contribution in [2.75, 3.05) is 6.54 Å². The van der Waals surface area contributed by atoms with E-state index in [1.54, 1.807) is 16.2 Å². The van der Waals surface area contributed by atoms with Crippen LogP contribution < -0.4 is 5.73 Å². The van der Waals surface area contributed by atoms with Crippen molar-refractivity contribution < 1.29 is 4.79 Å². The van der Waals surface area contributed by atoms with Gasteiger partial charge in [0.25, 0.3) is 0 Å². The average molecular weight is 326 g/mol. The van der Waals surface area contributed by atoms with Crippen LogP contribution in [0.25, 0.3) is 21.7 Å². The molecule has 1 saturated heterocycles. The molecular formula is C17H18N4OS. The molecule has 1 aromatic carbocycles. The first-order valence-corrected chi connectivity index (χ1v) is 8.70. The first-order chi connectivity index (χ1) is 11.2. The van der Waals surface area contributed by atoms with Crippen molar-refractivity contribution in [3.8, 4) is 10.7 Å². The molecule has 0 spiro atoms. The number of carbonyl (C=O) groups is 1. The lowest BCUT2D eigenvalue weighted by molar-refractivity contribution is 0.160. The van der Waals surface area contributed by atoms with Gasteiger partial charge in [-0.1, -0.05) is 18.2 Å². The average Bonchev–Trinajstić information content (AvgIpc) is 3.23. The van der Waals surface area contributed by atoms with E-state index >= 15 is 0 Å². The molecule has 3 N–H and O–H groups in total. The van der Waals surface area contributed by atoms with E-state index in [9.17, 15) is 4.79 Å². The highest BCUT2D eigenvalue weighted by Gasteiger charge is 2.28. The molecule has 0 radical (unpaired) electrons. The Kier molecular flexibility index (Phi) is 3.53. The number of urea groups is 1. The number of H-pyrrole nitrogens is 1. The topological polar surface area (TPSA) is 75.0 Å². The number of aromatic amines is 1. The number of hydrogen-bond donors (Lipinski definition) is 2. The molecule has 1 unspecified atom stereocenters. The van der Waals surface area contributed by atoms with E-state index in [-0.39, 0.29) is 12.1 Å². The minimum Gasteiger partial charge on any atom is -0.351 e. The fraction of sp³-hybridized carbons (Fsp3) is 0.294. The number of nitrogens with two attached hydrogens (primary N) is 1. The Bertz CT molecular complexity index is 840. The highest BCUT2D eigenvalue weighted by atomic mass is 32.1. The Morgan fingerprint density at radius 1 is 1.30 bits per heavy atom. The molecule has 6 heteroatoms. The van der Waals surface area contributed by atoms with Crippen LogP contribution in [0.2, 0.25) is 0 Å². The summed E-state index contributed by atoms with van der Waals surface area (Å²) in [6, 6.07) is 9.85. The minimum absolute atomic E-state index is 0.0180. The van der Waals surface area contributed by atoms with Gasteiger partial charge in [0.05, 0.1) is 22.0 Å². The zero-order valence-electron chi connectivity index (χ0n) is 12.7. The maximum Gasteiger partial charge on any atom is 0.315 e. The highest BCUT2D eigenvalue weighted by Crippen LogP contribution is 2.35. The standard InChI is InChI=1S/C17H18N4OS/c18-17(22)21-9-2-1-7-13(21)11-5-3-6-12-15(11)20-16(19-12)14-8-4-10-23-14/h3-6,8,10,13H,1-2,7,9H2,(H2,18,22)(H,19,20). The lowest BCUT2D eigenvalue weighted by Crippen LogP contribution is -2.41. The lowest BCUT2D eigenvalue weighted by Gasteiger charge is -2.34. The van der Waals surface area contributed by atoms with Crippen molar-refractivity contribution in [2.24, 2.45) is 5.73 Å². The van der Waals surface area contributed by atoms with E-state index < -0.39 is 0 Å². The molecule has 2 amide bonds. The molecule has 0 saturated carbocycles. The van der Waals surface area contributed by atoms with Gasteiger partial charge >= 0.3 is 6.03 Å². The van der Waals surface area contributed by atoms with Gasteiger partial charge in [0.2, 0.25) is 0 Å². The molecule has 4 rings (SSSR count). The van der Waals surface area contributed by atoms with Crippen LogP contribution in [-0.2, 0) is 0 Å². The number of rotatable bonds is 2. The van der Waals surface area contributed by atoms with Crippen molar-refractivity contribution in [3.05, 3.63) is 41.3 Å². The van der Waals surface area contributed by atoms with Crippen LogP contribution in [0.1, 0.15) is 30.9 Å². The second-order valence-corrected chi connectivity index (χ2v) is 6.80. The number of likely N-dealkylation sites (tertiary alicyclic amines) is 1. The number of para-hydroxylation sites is 1. The van der Waals surface area contributed by atoms with E-state index in [1.165, 1.54) is 0 Å². The van der Waals surface area contributed by atoms with E-state index in [4.69, 9.17) is 10.7 Å². The van der Waals surface area contributed by atoms with Gasteiger partial charge in [-0.05, 0) is 36.8 Å². The lowest BCUT2D eigenvalue weighted by atomic mass is 9.94. The van der Waals surface area contributed by atoms with Gasteiger partial charge in [-0.2, -0.15) is 0 Å². The summed E-state index contributed by atoms with van der Waals surface area (Å²) in [5.74, 6) is 0.879. The second-order valence-electron chi connectivity index (χ2n) is 5.85. The molecule has 3 heterocycles. The maximum absolute atomic E-state index is 11.8. The molecule has 3 aromatic rings. The van der Waals surface area contributed by atoms with Crippen molar-refractivity contribution in [1.82, 2.24) is 14.9 Å². The Hall–Kier alpha value is -2.34. The third kappa shape index (κ3) is 2.49. The summed E-state index contributed by atoms with van der Waals surface area (Å²) in [6.45, 7) is 0.721. The van der Waals surface area contributed by atoms with Crippen LogP contribution in [-0.4, -0.2) is 27.4 Å². The molecule has 1 aliphatic rings. The normalized spacial score (nSPS) is 18.4. The smallest absolute Gasteiger partial charge is 0.315 e. The number of fused-ring (bicyclic) bond motifs is 1.